The van der Waals surface area contributed by atoms with E-state index in [9.17, 15) is 0 Å². The first-order valence-corrected chi connectivity index (χ1v) is 4.21. The van der Waals surface area contributed by atoms with Crippen molar-refractivity contribution in [1.82, 2.24) is 9.97 Å². The van der Waals surface area contributed by atoms with Crippen LogP contribution in [0.25, 0.3) is 11.4 Å². The van der Waals surface area contributed by atoms with Crippen molar-refractivity contribution in [3.63, 3.8) is 0 Å². The number of aromatic nitrogens is 2. The summed E-state index contributed by atoms with van der Waals surface area (Å²) in [4.78, 5) is 8.61. The third-order valence-corrected chi connectivity index (χ3v) is 1.82. The van der Waals surface area contributed by atoms with E-state index >= 15 is 0 Å². The van der Waals surface area contributed by atoms with Crippen LogP contribution in [0.4, 0.5) is 0 Å². The highest BCUT2D eigenvalue weighted by Crippen LogP contribution is 2.12. The van der Waals surface area contributed by atoms with Gasteiger partial charge in [-0.05, 0) is 31.2 Å². The predicted molar refractivity (Wildman–Crippen MR) is 52.2 cm³/mol. The summed E-state index contributed by atoms with van der Waals surface area (Å²) in [6.45, 7) is 1.98. The number of nitrogens with zero attached hydrogens (tertiary/aromatic N) is 2. The lowest BCUT2D eigenvalue weighted by Gasteiger charge is -1.99. The maximum atomic E-state index is 4.38. The SMILES string of the molecule is Cc1cccc(-c2ccccn2)n1. The summed E-state index contributed by atoms with van der Waals surface area (Å²) in [6, 6.07) is 11.8. The largest absolute Gasteiger partial charge is 0.255 e. The molecule has 0 bridgehead atoms. The summed E-state index contributed by atoms with van der Waals surface area (Å²) in [5.41, 5.74) is 2.87. The molecule has 0 amide bonds. The molecule has 2 aromatic rings. The lowest BCUT2D eigenvalue weighted by Crippen LogP contribution is -1.87. The van der Waals surface area contributed by atoms with Crippen molar-refractivity contribution in [1.29, 1.82) is 0 Å². The van der Waals surface area contributed by atoms with Crippen LogP contribution >= 0.6 is 0 Å². The highest BCUT2D eigenvalue weighted by atomic mass is 14.8. The summed E-state index contributed by atoms with van der Waals surface area (Å²) in [5, 5.41) is 0. The highest BCUT2D eigenvalue weighted by molar-refractivity contribution is 5.53. The van der Waals surface area contributed by atoms with Crippen LogP contribution in [0.3, 0.4) is 0 Å². The number of hydrogen-bond donors (Lipinski definition) is 0. The van der Waals surface area contributed by atoms with Gasteiger partial charge in [-0.2, -0.15) is 0 Å². The molecule has 0 aliphatic carbocycles. The van der Waals surface area contributed by atoms with Gasteiger partial charge in [0, 0.05) is 11.9 Å². The van der Waals surface area contributed by atoms with Gasteiger partial charge in [-0.15, -0.1) is 0 Å². The molecule has 2 heteroatoms. The Kier molecular flexibility index (Phi) is 2.04. The summed E-state index contributed by atoms with van der Waals surface area (Å²) in [7, 11) is 0. The van der Waals surface area contributed by atoms with E-state index in [0.29, 0.717) is 0 Å². The Labute approximate surface area is 77.3 Å². The minimum atomic E-state index is 0.922. The zero-order valence-corrected chi connectivity index (χ0v) is 7.44. The summed E-state index contributed by atoms with van der Waals surface area (Å²) in [5.74, 6) is 0. The van der Waals surface area contributed by atoms with E-state index in [-0.39, 0.29) is 0 Å². The van der Waals surface area contributed by atoms with Crippen LogP contribution in [0.1, 0.15) is 5.69 Å². The molecule has 2 aromatic heterocycles. The van der Waals surface area contributed by atoms with E-state index in [4.69, 9.17) is 0 Å². The average Bonchev–Trinajstić information content (AvgIpc) is 2.19. The molecule has 0 aliphatic rings. The maximum absolute atomic E-state index is 4.38. The second-order valence-corrected chi connectivity index (χ2v) is 2.88. The zero-order chi connectivity index (χ0) is 9.10. The van der Waals surface area contributed by atoms with E-state index in [2.05, 4.69) is 9.97 Å². The Morgan fingerprint density at radius 3 is 2.46 bits per heavy atom. The Morgan fingerprint density at radius 1 is 0.923 bits per heavy atom. The molecule has 0 radical (unpaired) electrons. The molecule has 0 aromatic carbocycles. The molecule has 0 unspecified atom stereocenters. The smallest absolute Gasteiger partial charge is 0.0889 e. The molecule has 2 nitrogen and oxygen atoms in total. The van der Waals surface area contributed by atoms with Crippen LogP contribution in [0.5, 0.6) is 0 Å². The van der Waals surface area contributed by atoms with Crippen molar-refractivity contribution in [2.75, 3.05) is 0 Å². The second-order valence-electron chi connectivity index (χ2n) is 2.88. The van der Waals surface area contributed by atoms with Crippen molar-refractivity contribution >= 4 is 0 Å². The second kappa shape index (κ2) is 3.35. The van der Waals surface area contributed by atoms with Gasteiger partial charge in [-0.25, -0.2) is 0 Å². The zero-order valence-electron chi connectivity index (χ0n) is 7.44. The first-order chi connectivity index (χ1) is 6.36. The van der Waals surface area contributed by atoms with Crippen LogP contribution in [-0.4, -0.2) is 9.97 Å². The summed E-state index contributed by atoms with van der Waals surface area (Å²) < 4.78 is 0. The standard InChI is InChI=1S/C11H10N2/c1-9-5-4-7-11(13-9)10-6-2-3-8-12-10/h2-8H,1H3. The Morgan fingerprint density at radius 2 is 1.77 bits per heavy atom. The monoisotopic (exact) mass is 170 g/mol. The van der Waals surface area contributed by atoms with Crippen molar-refractivity contribution in [3.8, 4) is 11.4 Å². The normalized spacial score (nSPS) is 9.92. The molecular weight excluding hydrogens is 160 g/mol. The molecule has 0 N–H and O–H groups in total. The van der Waals surface area contributed by atoms with Crippen LogP contribution < -0.4 is 0 Å². The van der Waals surface area contributed by atoms with Gasteiger partial charge in [0.1, 0.15) is 0 Å². The van der Waals surface area contributed by atoms with Crippen molar-refractivity contribution < 1.29 is 0 Å². The first-order valence-electron chi connectivity index (χ1n) is 4.21. The number of pyridine rings is 2. The molecule has 0 fully saturated rings. The van der Waals surface area contributed by atoms with Crippen LogP contribution in [0.2, 0.25) is 0 Å². The fourth-order valence-corrected chi connectivity index (χ4v) is 1.20. The first kappa shape index (κ1) is 7.92. The van der Waals surface area contributed by atoms with Crippen LogP contribution in [0.15, 0.2) is 42.6 Å². The molecule has 0 saturated carbocycles. The summed E-state index contributed by atoms with van der Waals surface area (Å²) in [6.07, 6.45) is 1.78. The summed E-state index contributed by atoms with van der Waals surface area (Å²) >= 11 is 0. The molecule has 0 atom stereocenters. The quantitative estimate of drug-likeness (QED) is 0.657. The number of rotatable bonds is 1. The molecule has 2 heterocycles. The van der Waals surface area contributed by atoms with E-state index < -0.39 is 0 Å². The van der Waals surface area contributed by atoms with Gasteiger partial charge >= 0.3 is 0 Å². The van der Waals surface area contributed by atoms with Crippen LogP contribution in [0, 0.1) is 6.92 Å². The Hall–Kier alpha value is -1.70. The van der Waals surface area contributed by atoms with Gasteiger partial charge in [0.15, 0.2) is 0 Å². The lowest BCUT2D eigenvalue weighted by molar-refractivity contribution is 1.18. The van der Waals surface area contributed by atoms with Gasteiger partial charge in [0.25, 0.3) is 0 Å². The Balaban J connectivity index is 2.48. The minimum absolute atomic E-state index is 0.922. The van der Waals surface area contributed by atoms with E-state index in [0.717, 1.165) is 17.1 Å². The van der Waals surface area contributed by atoms with Gasteiger partial charge in [0.2, 0.25) is 0 Å². The molecular formula is C11H10N2. The fraction of sp³-hybridized carbons (Fsp3) is 0.0909. The lowest BCUT2D eigenvalue weighted by atomic mass is 10.2. The Bertz CT molecular complexity index is 396. The van der Waals surface area contributed by atoms with Crippen molar-refractivity contribution in [3.05, 3.63) is 48.3 Å². The van der Waals surface area contributed by atoms with E-state index in [1.54, 1.807) is 6.20 Å². The minimum Gasteiger partial charge on any atom is -0.255 e. The van der Waals surface area contributed by atoms with Crippen molar-refractivity contribution in [2.24, 2.45) is 0 Å². The van der Waals surface area contributed by atoms with Gasteiger partial charge in [-0.3, -0.25) is 9.97 Å². The molecule has 2 rings (SSSR count). The van der Waals surface area contributed by atoms with Crippen LogP contribution in [-0.2, 0) is 0 Å². The van der Waals surface area contributed by atoms with Gasteiger partial charge in [-0.1, -0.05) is 12.1 Å². The van der Waals surface area contributed by atoms with Gasteiger partial charge in [0.05, 0.1) is 11.4 Å². The maximum Gasteiger partial charge on any atom is 0.0889 e. The topological polar surface area (TPSA) is 25.8 Å². The molecule has 64 valence electrons. The van der Waals surface area contributed by atoms with E-state index in [1.807, 2.05) is 43.3 Å². The molecule has 13 heavy (non-hydrogen) atoms. The highest BCUT2D eigenvalue weighted by Gasteiger charge is 1.97. The average molecular weight is 170 g/mol. The van der Waals surface area contributed by atoms with Gasteiger partial charge < -0.3 is 0 Å². The molecule has 0 spiro atoms. The predicted octanol–water partition coefficient (Wildman–Crippen LogP) is 2.45. The third-order valence-electron chi connectivity index (χ3n) is 1.82. The molecule has 0 saturated heterocycles. The number of aryl methyl sites for hydroxylation is 1. The van der Waals surface area contributed by atoms with E-state index in [1.165, 1.54) is 0 Å². The fourth-order valence-electron chi connectivity index (χ4n) is 1.20. The number of hydrogen-bond acceptors (Lipinski definition) is 2. The third kappa shape index (κ3) is 1.72. The van der Waals surface area contributed by atoms with Crippen molar-refractivity contribution in [2.45, 2.75) is 6.92 Å². The molecule has 0 aliphatic heterocycles.